The number of hydrogen-bond donors (Lipinski definition) is 2. The molecule has 0 saturated heterocycles. The highest BCUT2D eigenvalue weighted by Crippen LogP contribution is 2.19. The van der Waals surface area contributed by atoms with Gasteiger partial charge in [-0.05, 0) is 30.2 Å². The van der Waals surface area contributed by atoms with Gasteiger partial charge in [0, 0.05) is 13.5 Å². The van der Waals surface area contributed by atoms with Crippen LogP contribution < -0.4 is 5.32 Å². The van der Waals surface area contributed by atoms with Crippen molar-refractivity contribution in [2.24, 2.45) is 7.05 Å². The second kappa shape index (κ2) is 7.21. The van der Waals surface area contributed by atoms with Gasteiger partial charge in [-0.15, -0.1) is 0 Å². The van der Waals surface area contributed by atoms with E-state index in [1.165, 1.54) is 0 Å². The van der Waals surface area contributed by atoms with E-state index in [9.17, 15) is 9.90 Å². The van der Waals surface area contributed by atoms with E-state index >= 15 is 0 Å². The predicted molar refractivity (Wildman–Crippen MR) is 96.4 cm³/mol. The highest BCUT2D eigenvalue weighted by Gasteiger charge is 2.18. The van der Waals surface area contributed by atoms with E-state index in [4.69, 9.17) is 0 Å². The van der Waals surface area contributed by atoms with E-state index in [-0.39, 0.29) is 17.7 Å². The van der Waals surface area contributed by atoms with Crippen LogP contribution in [0.4, 0.5) is 0 Å². The van der Waals surface area contributed by atoms with Crippen LogP contribution in [-0.2, 0) is 13.5 Å². The van der Waals surface area contributed by atoms with Gasteiger partial charge in [0.2, 0.25) is 0 Å². The fraction of sp³-hybridized carbons (Fsp3) is 0.200. The number of carbonyl (C=O) groups excluding carboxylic acids is 1. The van der Waals surface area contributed by atoms with Gasteiger partial charge in [0.15, 0.2) is 0 Å². The lowest BCUT2D eigenvalue weighted by atomic mass is 10.0. The summed E-state index contributed by atoms with van der Waals surface area (Å²) < 4.78 is 1.74. The molecule has 0 spiro atoms. The van der Waals surface area contributed by atoms with E-state index in [2.05, 4.69) is 10.4 Å². The van der Waals surface area contributed by atoms with Crippen LogP contribution in [0.3, 0.4) is 0 Å². The molecular formula is C20H21N3O2. The number of carbonyl (C=O) groups is 1. The van der Waals surface area contributed by atoms with Gasteiger partial charge in [0.25, 0.3) is 5.91 Å². The lowest BCUT2D eigenvalue weighted by Crippen LogP contribution is -2.27. The number of aromatic hydroxyl groups is 1. The van der Waals surface area contributed by atoms with Crippen LogP contribution >= 0.6 is 0 Å². The van der Waals surface area contributed by atoms with Crippen LogP contribution in [-0.4, -0.2) is 20.8 Å². The molecular weight excluding hydrogens is 314 g/mol. The number of benzene rings is 2. The van der Waals surface area contributed by atoms with Gasteiger partial charge in [-0.25, -0.2) is 0 Å². The summed E-state index contributed by atoms with van der Waals surface area (Å²) in [6.07, 6.45) is 2.24. The number of hydrogen-bond acceptors (Lipinski definition) is 3. The fourth-order valence-corrected chi connectivity index (χ4v) is 2.80. The maximum Gasteiger partial charge on any atom is 0.255 e. The molecule has 3 aromatic rings. The first kappa shape index (κ1) is 16.8. The second-order valence-electron chi connectivity index (χ2n) is 6.08. The first-order valence-electron chi connectivity index (χ1n) is 8.19. The Labute approximate surface area is 146 Å². The summed E-state index contributed by atoms with van der Waals surface area (Å²) in [7, 11) is 1.84. The Morgan fingerprint density at radius 1 is 1.20 bits per heavy atom. The quantitative estimate of drug-likeness (QED) is 0.752. The number of nitrogens with one attached hydrogen (secondary N) is 1. The second-order valence-corrected chi connectivity index (χ2v) is 6.08. The van der Waals surface area contributed by atoms with Gasteiger partial charge < -0.3 is 10.4 Å². The number of nitrogens with zero attached hydrogens (tertiary/aromatic N) is 2. The molecule has 0 aliphatic heterocycles. The molecule has 0 bridgehead atoms. The topological polar surface area (TPSA) is 67.2 Å². The van der Waals surface area contributed by atoms with Crippen LogP contribution in [0.1, 0.15) is 40.1 Å². The van der Waals surface area contributed by atoms with Crippen molar-refractivity contribution in [2.75, 3.05) is 0 Å². The zero-order valence-electron chi connectivity index (χ0n) is 14.3. The summed E-state index contributed by atoms with van der Waals surface area (Å²) >= 11 is 0. The Kier molecular flexibility index (Phi) is 4.84. The Bertz CT molecular complexity index is 872. The summed E-state index contributed by atoms with van der Waals surface area (Å²) in [4.78, 5) is 12.7. The lowest BCUT2D eigenvalue weighted by molar-refractivity contribution is 0.0939. The maximum absolute atomic E-state index is 12.7. The third-order valence-corrected chi connectivity index (χ3v) is 4.24. The van der Waals surface area contributed by atoms with Crippen molar-refractivity contribution in [3.8, 4) is 5.75 Å². The van der Waals surface area contributed by atoms with E-state index in [0.717, 1.165) is 16.8 Å². The van der Waals surface area contributed by atoms with Gasteiger partial charge in [0.05, 0.1) is 23.5 Å². The number of phenols is 1. The van der Waals surface area contributed by atoms with Gasteiger partial charge in [-0.1, -0.05) is 42.5 Å². The summed E-state index contributed by atoms with van der Waals surface area (Å²) in [6, 6.07) is 16.7. The van der Waals surface area contributed by atoms with Crippen molar-refractivity contribution in [3.05, 3.63) is 83.2 Å². The van der Waals surface area contributed by atoms with Gasteiger partial charge in [-0.2, -0.15) is 5.10 Å². The first-order valence-corrected chi connectivity index (χ1v) is 8.19. The molecule has 5 heteroatoms. The molecule has 0 aliphatic carbocycles. The van der Waals surface area contributed by atoms with E-state index in [1.807, 2.05) is 50.4 Å². The van der Waals surface area contributed by atoms with Gasteiger partial charge in [-0.3, -0.25) is 9.48 Å². The van der Waals surface area contributed by atoms with Gasteiger partial charge >= 0.3 is 0 Å². The highest BCUT2D eigenvalue weighted by atomic mass is 16.3. The molecule has 0 aliphatic rings. The summed E-state index contributed by atoms with van der Waals surface area (Å²) in [5.41, 5.74) is 3.41. The molecule has 25 heavy (non-hydrogen) atoms. The summed E-state index contributed by atoms with van der Waals surface area (Å²) in [6.45, 7) is 1.89. The van der Waals surface area contributed by atoms with Crippen LogP contribution in [0.15, 0.2) is 60.8 Å². The molecule has 1 heterocycles. The van der Waals surface area contributed by atoms with Crippen molar-refractivity contribution in [1.82, 2.24) is 15.1 Å². The maximum atomic E-state index is 12.7. The number of aryl methyl sites for hydroxylation is 1. The minimum absolute atomic E-state index is 0.171. The molecule has 0 fully saturated rings. The molecule has 0 saturated carbocycles. The van der Waals surface area contributed by atoms with Crippen LogP contribution in [0.5, 0.6) is 5.75 Å². The third kappa shape index (κ3) is 3.88. The lowest BCUT2D eigenvalue weighted by Gasteiger charge is -2.15. The molecule has 5 nitrogen and oxygen atoms in total. The van der Waals surface area contributed by atoms with Crippen molar-refractivity contribution in [3.63, 3.8) is 0 Å². The van der Waals surface area contributed by atoms with E-state index < -0.39 is 0 Å². The first-order chi connectivity index (χ1) is 12.0. The Balaban J connectivity index is 1.78. The van der Waals surface area contributed by atoms with Crippen LogP contribution in [0, 0.1) is 0 Å². The molecule has 3 rings (SSSR count). The minimum Gasteiger partial charge on any atom is -0.508 e. The third-order valence-electron chi connectivity index (χ3n) is 4.24. The Morgan fingerprint density at radius 2 is 1.96 bits per heavy atom. The predicted octanol–water partition coefficient (Wildman–Crippen LogP) is 3.21. The summed E-state index contributed by atoms with van der Waals surface area (Å²) in [5.74, 6) is 0.0135. The number of amides is 1. The number of rotatable bonds is 5. The molecule has 2 N–H and O–H groups in total. The average molecular weight is 335 g/mol. The molecule has 1 unspecified atom stereocenters. The highest BCUT2D eigenvalue weighted by molar-refractivity contribution is 5.95. The van der Waals surface area contributed by atoms with Crippen LogP contribution in [0.2, 0.25) is 0 Å². The molecule has 0 radical (unpaired) electrons. The van der Waals surface area contributed by atoms with Crippen molar-refractivity contribution in [2.45, 2.75) is 19.4 Å². The Morgan fingerprint density at radius 3 is 2.68 bits per heavy atom. The van der Waals surface area contributed by atoms with E-state index in [1.54, 1.807) is 29.1 Å². The van der Waals surface area contributed by atoms with Crippen molar-refractivity contribution >= 4 is 5.91 Å². The normalized spacial score (nSPS) is 11.9. The van der Waals surface area contributed by atoms with Crippen molar-refractivity contribution < 1.29 is 9.90 Å². The van der Waals surface area contributed by atoms with Gasteiger partial charge in [0.1, 0.15) is 5.75 Å². The molecule has 1 aromatic heterocycles. The average Bonchev–Trinajstić information content (AvgIpc) is 2.96. The molecule has 2 aromatic carbocycles. The zero-order valence-corrected chi connectivity index (χ0v) is 14.3. The SMILES string of the molecule is CC(NC(=O)c1cnn(C)c1Cc1ccccc1)c1cccc(O)c1. The fourth-order valence-electron chi connectivity index (χ4n) is 2.80. The smallest absolute Gasteiger partial charge is 0.255 e. The summed E-state index contributed by atoms with van der Waals surface area (Å²) in [5, 5.41) is 16.8. The number of aromatic nitrogens is 2. The largest absolute Gasteiger partial charge is 0.508 e. The van der Waals surface area contributed by atoms with Crippen molar-refractivity contribution in [1.29, 1.82) is 0 Å². The minimum atomic E-state index is -0.218. The van der Waals surface area contributed by atoms with Crippen LogP contribution in [0.25, 0.3) is 0 Å². The molecule has 1 amide bonds. The standard InChI is InChI=1S/C20H21N3O2/c1-14(16-9-6-10-17(24)12-16)22-20(25)18-13-21-23(2)19(18)11-15-7-4-3-5-8-15/h3-10,12-14,24H,11H2,1-2H3,(H,22,25). The monoisotopic (exact) mass is 335 g/mol. The van der Waals surface area contributed by atoms with E-state index in [0.29, 0.717) is 12.0 Å². The number of phenolic OH excluding ortho intramolecular Hbond substituents is 1. The molecule has 128 valence electrons. The molecule has 1 atom stereocenters. The Hall–Kier alpha value is -3.08. The zero-order chi connectivity index (χ0) is 17.8.